The fourth-order valence-corrected chi connectivity index (χ4v) is 4.08. The Balaban J connectivity index is 2.26. The number of halogens is 1. The molecule has 0 heterocycles. The van der Waals surface area contributed by atoms with Gasteiger partial charge in [-0.3, -0.25) is 0 Å². The van der Waals surface area contributed by atoms with Crippen LogP contribution in [0.15, 0.2) is 65.1 Å². The van der Waals surface area contributed by atoms with Crippen LogP contribution in [-0.4, -0.2) is 15.0 Å². The van der Waals surface area contributed by atoms with Crippen molar-refractivity contribution in [1.82, 2.24) is 0 Å². The van der Waals surface area contributed by atoms with Crippen LogP contribution in [0.1, 0.15) is 31.7 Å². The first kappa shape index (κ1) is 15.0. The minimum absolute atomic E-state index is 0.0251. The molecule has 2 aromatic rings. The Labute approximate surface area is 126 Å². The van der Waals surface area contributed by atoms with Gasteiger partial charge in [0.2, 0.25) is 0 Å². The van der Waals surface area contributed by atoms with Crippen molar-refractivity contribution >= 4 is 25.2 Å². The molecular weight excluding hydrogens is 314 g/mol. The summed E-state index contributed by atoms with van der Waals surface area (Å²) in [5, 5.41) is 0. The Kier molecular flexibility index (Phi) is 6.04. The molecule has 20 heavy (non-hydrogen) atoms. The first-order chi connectivity index (χ1) is 9.81. The predicted octanol–water partition coefficient (Wildman–Crippen LogP) is 4.54. The summed E-state index contributed by atoms with van der Waals surface area (Å²) in [5.41, 5.74) is 0.705. The Bertz CT molecular complexity index is 546. The summed E-state index contributed by atoms with van der Waals surface area (Å²) < 4.78 is 16.9. The molecule has 0 aliphatic carbocycles. The quantitative estimate of drug-likeness (QED) is 0.681. The van der Waals surface area contributed by atoms with Crippen LogP contribution in [0.5, 0.6) is 0 Å². The van der Waals surface area contributed by atoms with Crippen LogP contribution < -0.4 is 4.46 Å². The predicted molar refractivity (Wildman–Crippen MR) is 85.8 cm³/mol. The Morgan fingerprint density at radius 2 is 1.55 bits per heavy atom. The molecule has 2 heteroatoms. The number of unbranched alkanes of at least 4 members (excludes halogenated alkanes) is 1. The molecule has 0 saturated heterocycles. The van der Waals surface area contributed by atoms with E-state index in [0.717, 1.165) is 23.7 Å². The summed E-state index contributed by atoms with van der Waals surface area (Å²) in [6.45, 7) is 2.15. The molecule has 0 fully saturated rings. The maximum absolute atomic E-state index is 14.7. The number of rotatable bonds is 6. The molecule has 0 spiro atoms. The first-order valence-corrected chi connectivity index (χ1v) is 8.69. The van der Waals surface area contributed by atoms with Crippen molar-refractivity contribution in [3.63, 3.8) is 0 Å². The van der Waals surface area contributed by atoms with E-state index in [0.29, 0.717) is 5.56 Å². The second-order valence-corrected chi connectivity index (χ2v) is 7.07. The topological polar surface area (TPSA) is 0 Å². The van der Waals surface area contributed by atoms with Crippen molar-refractivity contribution in [2.24, 2.45) is 0 Å². The summed E-state index contributed by atoms with van der Waals surface area (Å²) in [7, 11) is 0. The second kappa shape index (κ2) is 8.04. The van der Waals surface area contributed by atoms with Crippen LogP contribution in [0.25, 0.3) is 5.83 Å². The fraction of sp³-hybridized carbons (Fsp3) is 0.222. The Morgan fingerprint density at radius 3 is 2.15 bits per heavy atom. The van der Waals surface area contributed by atoms with Gasteiger partial charge in [-0.2, -0.15) is 0 Å². The summed E-state index contributed by atoms with van der Waals surface area (Å²) in [4.78, 5) is 0. The number of allylic oxidation sites excluding steroid dienone is 1. The summed E-state index contributed by atoms with van der Waals surface area (Å²) in [6, 6.07) is 19.6. The fourth-order valence-electron chi connectivity index (χ4n) is 1.92. The van der Waals surface area contributed by atoms with Gasteiger partial charge in [0.25, 0.3) is 0 Å². The average molecular weight is 333 g/mol. The molecular formula is C18H19FSe. The Morgan fingerprint density at radius 1 is 0.950 bits per heavy atom. The third kappa shape index (κ3) is 4.33. The summed E-state index contributed by atoms with van der Waals surface area (Å²) >= 11 is 0.0658. The molecule has 0 nitrogen and oxygen atoms in total. The molecule has 0 aliphatic heterocycles. The van der Waals surface area contributed by atoms with Crippen LogP contribution >= 0.6 is 0 Å². The van der Waals surface area contributed by atoms with Gasteiger partial charge in [-0.15, -0.1) is 0 Å². The molecule has 0 unspecified atom stereocenters. The van der Waals surface area contributed by atoms with E-state index in [1.54, 1.807) is 0 Å². The maximum atomic E-state index is 14.7. The third-order valence-corrected chi connectivity index (χ3v) is 5.40. The van der Waals surface area contributed by atoms with Crippen molar-refractivity contribution in [2.75, 3.05) is 0 Å². The summed E-state index contributed by atoms with van der Waals surface area (Å²) in [5.74, 6) is -0.0251. The summed E-state index contributed by atoms with van der Waals surface area (Å²) in [6.07, 6.45) is 2.99. The van der Waals surface area contributed by atoms with E-state index in [1.807, 2.05) is 48.5 Å². The molecule has 2 aromatic carbocycles. The zero-order valence-electron chi connectivity index (χ0n) is 11.7. The van der Waals surface area contributed by atoms with Gasteiger partial charge in [-0.25, -0.2) is 0 Å². The molecule has 0 amide bonds. The van der Waals surface area contributed by atoms with Gasteiger partial charge in [0.15, 0.2) is 0 Å². The van der Waals surface area contributed by atoms with E-state index in [9.17, 15) is 4.39 Å². The molecule has 0 aromatic heterocycles. The van der Waals surface area contributed by atoms with E-state index in [4.69, 9.17) is 0 Å². The molecule has 2 rings (SSSR count). The zero-order valence-corrected chi connectivity index (χ0v) is 13.4. The molecule has 104 valence electrons. The van der Waals surface area contributed by atoms with E-state index in [-0.39, 0.29) is 20.8 Å². The van der Waals surface area contributed by atoms with Gasteiger partial charge >= 0.3 is 127 Å². The van der Waals surface area contributed by atoms with Crippen LogP contribution in [0.4, 0.5) is 4.39 Å². The van der Waals surface area contributed by atoms with Crippen molar-refractivity contribution in [3.05, 3.63) is 70.7 Å². The zero-order chi connectivity index (χ0) is 14.2. The van der Waals surface area contributed by atoms with Crippen LogP contribution in [0.3, 0.4) is 0 Å². The number of benzene rings is 2. The van der Waals surface area contributed by atoms with Gasteiger partial charge < -0.3 is 0 Å². The van der Waals surface area contributed by atoms with Crippen molar-refractivity contribution in [1.29, 1.82) is 0 Å². The van der Waals surface area contributed by atoms with Crippen molar-refractivity contribution < 1.29 is 4.39 Å². The van der Waals surface area contributed by atoms with E-state index in [1.165, 1.54) is 4.46 Å². The number of hydrogen-bond donors (Lipinski definition) is 0. The third-order valence-electron chi connectivity index (χ3n) is 3.01. The Hall–Kier alpha value is -1.37. The molecule has 0 atom stereocenters. The van der Waals surface area contributed by atoms with Gasteiger partial charge in [-0.05, 0) is 0 Å². The monoisotopic (exact) mass is 334 g/mol. The molecule has 0 aliphatic rings. The molecule has 0 radical (unpaired) electrons. The van der Waals surface area contributed by atoms with Crippen molar-refractivity contribution in [2.45, 2.75) is 26.2 Å². The standard InChI is InChI=1S/C18H19FSe/c1-2-3-14-17(20-16-12-8-5-9-13-16)18(19)15-10-6-4-7-11-15/h4-13H,2-3,14H2,1H3/b18-17+. The second-order valence-electron chi connectivity index (χ2n) is 4.62. The van der Waals surface area contributed by atoms with Crippen molar-refractivity contribution in [3.8, 4) is 0 Å². The van der Waals surface area contributed by atoms with E-state index >= 15 is 0 Å². The molecule has 0 bridgehead atoms. The normalized spacial score (nSPS) is 12.1. The minimum atomic E-state index is -0.0251. The van der Waals surface area contributed by atoms with Crippen LogP contribution in [0, 0.1) is 0 Å². The van der Waals surface area contributed by atoms with E-state index in [2.05, 4.69) is 19.1 Å². The van der Waals surface area contributed by atoms with Crippen LogP contribution in [0.2, 0.25) is 0 Å². The van der Waals surface area contributed by atoms with Crippen LogP contribution in [-0.2, 0) is 0 Å². The average Bonchev–Trinajstić information content (AvgIpc) is 2.52. The SMILES string of the molecule is CCCC/C([Se]c1ccccc1)=C(\F)c1ccccc1. The van der Waals surface area contributed by atoms with Gasteiger partial charge in [-0.1, -0.05) is 0 Å². The molecule has 0 saturated carbocycles. The van der Waals surface area contributed by atoms with Gasteiger partial charge in [0.05, 0.1) is 0 Å². The van der Waals surface area contributed by atoms with Gasteiger partial charge in [0.1, 0.15) is 0 Å². The van der Waals surface area contributed by atoms with E-state index < -0.39 is 0 Å². The van der Waals surface area contributed by atoms with Gasteiger partial charge in [0, 0.05) is 0 Å². The number of hydrogen-bond acceptors (Lipinski definition) is 0. The molecule has 0 N–H and O–H groups in total. The first-order valence-electron chi connectivity index (χ1n) is 6.98.